The maximum atomic E-state index is 12.2. The Morgan fingerprint density at radius 3 is 2.71 bits per heavy atom. The Kier molecular flexibility index (Phi) is 4.47. The first-order valence-corrected chi connectivity index (χ1v) is 8.01. The van der Waals surface area contributed by atoms with Crippen molar-refractivity contribution < 1.29 is 4.79 Å². The fraction of sp³-hybridized carbons (Fsp3) is 0.200. The van der Waals surface area contributed by atoms with Crippen LogP contribution in [0.4, 0.5) is 5.69 Å². The normalized spacial score (nSPS) is 10.8. The third-order valence-electron chi connectivity index (χ3n) is 4.33. The van der Waals surface area contributed by atoms with Crippen LogP contribution < -0.4 is 10.9 Å². The summed E-state index contributed by atoms with van der Waals surface area (Å²) in [6, 6.07) is 15.3. The van der Waals surface area contributed by atoms with Gasteiger partial charge in [-0.15, -0.1) is 0 Å². The summed E-state index contributed by atoms with van der Waals surface area (Å²) in [5.41, 5.74) is 4.34. The van der Waals surface area contributed by atoms with Gasteiger partial charge in [-0.3, -0.25) is 9.59 Å². The van der Waals surface area contributed by atoms with Crippen molar-refractivity contribution in [1.82, 2.24) is 4.98 Å². The molecule has 1 amide bonds. The van der Waals surface area contributed by atoms with Crippen molar-refractivity contribution in [2.75, 3.05) is 5.32 Å². The highest BCUT2D eigenvalue weighted by atomic mass is 16.1. The molecule has 0 fully saturated rings. The molecule has 3 aromatic rings. The number of aromatic amines is 1. The highest BCUT2D eigenvalue weighted by Gasteiger charge is 2.09. The van der Waals surface area contributed by atoms with Gasteiger partial charge in [-0.05, 0) is 55.0 Å². The highest BCUT2D eigenvalue weighted by molar-refractivity contribution is 5.91. The van der Waals surface area contributed by atoms with Crippen LogP contribution in [0.25, 0.3) is 10.9 Å². The van der Waals surface area contributed by atoms with Gasteiger partial charge in [0.2, 0.25) is 5.91 Å². The molecule has 3 rings (SSSR count). The Morgan fingerprint density at radius 2 is 1.88 bits per heavy atom. The predicted molar refractivity (Wildman–Crippen MR) is 97.4 cm³/mol. The zero-order valence-corrected chi connectivity index (χ0v) is 13.8. The van der Waals surface area contributed by atoms with Gasteiger partial charge in [0.05, 0.1) is 0 Å². The molecule has 0 unspecified atom stereocenters. The van der Waals surface area contributed by atoms with Crippen LogP contribution >= 0.6 is 0 Å². The van der Waals surface area contributed by atoms with Gasteiger partial charge >= 0.3 is 0 Å². The van der Waals surface area contributed by atoms with E-state index >= 15 is 0 Å². The minimum absolute atomic E-state index is 0.0868. The van der Waals surface area contributed by atoms with E-state index in [2.05, 4.69) is 10.3 Å². The van der Waals surface area contributed by atoms with E-state index in [0.717, 1.165) is 27.7 Å². The topological polar surface area (TPSA) is 62.0 Å². The molecule has 0 saturated carbocycles. The van der Waals surface area contributed by atoms with Gasteiger partial charge in [0.15, 0.2) is 0 Å². The van der Waals surface area contributed by atoms with Gasteiger partial charge in [0, 0.05) is 23.2 Å². The lowest BCUT2D eigenvalue weighted by atomic mass is 10.1. The molecule has 122 valence electrons. The molecule has 24 heavy (non-hydrogen) atoms. The lowest BCUT2D eigenvalue weighted by molar-refractivity contribution is -0.116. The lowest BCUT2D eigenvalue weighted by Gasteiger charge is -2.10. The molecule has 1 heterocycles. The number of rotatable bonds is 4. The minimum Gasteiger partial charge on any atom is -0.326 e. The minimum atomic E-state index is -0.131. The van der Waals surface area contributed by atoms with E-state index in [1.54, 1.807) is 0 Å². The maximum absolute atomic E-state index is 12.2. The molecule has 0 aliphatic carbocycles. The second-order valence-electron chi connectivity index (χ2n) is 6.01. The smallest absolute Gasteiger partial charge is 0.251 e. The summed E-state index contributed by atoms with van der Waals surface area (Å²) in [4.78, 5) is 27.2. The summed E-state index contributed by atoms with van der Waals surface area (Å²) in [6.45, 7) is 4.00. The molecule has 0 atom stereocenters. The second kappa shape index (κ2) is 6.71. The third kappa shape index (κ3) is 3.38. The van der Waals surface area contributed by atoms with Crippen LogP contribution in [0.2, 0.25) is 0 Å². The summed E-state index contributed by atoms with van der Waals surface area (Å²) in [5.74, 6) is -0.0868. The number of aromatic nitrogens is 1. The van der Waals surface area contributed by atoms with Crippen LogP contribution in [0.3, 0.4) is 0 Å². The van der Waals surface area contributed by atoms with Gasteiger partial charge < -0.3 is 10.3 Å². The zero-order valence-electron chi connectivity index (χ0n) is 13.8. The van der Waals surface area contributed by atoms with Gasteiger partial charge in [0.1, 0.15) is 0 Å². The summed E-state index contributed by atoms with van der Waals surface area (Å²) in [7, 11) is 0. The average molecular weight is 320 g/mol. The number of pyridine rings is 1. The molecular formula is C20H20N2O2. The first-order valence-electron chi connectivity index (χ1n) is 8.01. The Morgan fingerprint density at radius 1 is 1.08 bits per heavy atom. The molecule has 0 bridgehead atoms. The molecule has 0 spiro atoms. The van der Waals surface area contributed by atoms with Crippen LogP contribution in [-0.2, 0) is 11.2 Å². The quantitative estimate of drug-likeness (QED) is 0.769. The summed E-state index contributed by atoms with van der Waals surface area (Å²) in [6.07, 6.45) is 0.686. The number of anilines is 1. The number of hydrogen-bond acceptors (Lipinski definition) is 2. The van der Waals surface area contributed by atoms with Crippen molar-refractivity contribution in [2.45, 2.75) is 26.7 Å². The Labute approximate surface area is 140 Å². The molecule has 0 radical (unpaired) electrons. The van der Waals surface area contributed by atoms with Crippen molar-refractivity contribution in [3.8, 4) is 0 Å². The molecule has 1 aromatic heterocycles. The first kappa shape index (κ1) is 16.0. The summed E-state index contributed by atoms with van der Waals surface area (Å²) < 4.78 is 0. The van der Waals surface area contributed by atoms with E-state index in [1.165, 1.54) is 0 Å². The number of nitrogens with one attached hydrogen (secondary N) is 2. The summed E-state index contributed by atoms with van der Waals surface area (Å²) in [5, 5.41) is 3.90. The predicted octanol–water partition coefficient (Wildman–Crippen LogP) is 3.72. The highest BCUT2D eigenvalue weighted by Crippen LogP contribution is 2.18. The van der Waals surface area contributed by atoms with Crippen molar-refractivity contribution in [3.63, 3.8) is 0 Å². The van der Waals surface area contributed by atoms with Crippen molar-refractivity contribution in [1.29, 1.82) is 0 Å². The van der Waals surface area contributed by atoms with Gasteiger partial charge in [-0.25, -0.2) is 0 Å². The van der Waals surface area contributed by atoms with Crippen molar-refractivity contribution in [2.24, 2.45) is 0 Å². The molecule has 2 N–H and O–H groups in total. The fourth-order valence-electron chi connectivity index (χ4n) is 2.73. The van der Waals surface area contributed by atoms with E-state index in [-0.39, 0.29) is 17.9 Å². The maximum Gasteiger partial charge on any atom is 0.251 e. The van der Waals surface area contributed by atoms with Gasteiger partial charge in [0.25, 0.3) is 5.56 Å². The molecule has 0 saturated heterocycles. The average Bonchev–Trinajstić information content (AvgIpc) is 2.57. The monoisotopic (exact) mass is 320 g/mol. The number of benzene rings is 2. The SMILES string of the molecule is Cc1cccc(NC(=O)CCc2cc3ccccc3[nH]c2=O)c1C. The number of carbonyl (C=O) groups is 1. The number of fused-ring (bicyclic) bond motifs is 1. The second-order valence-corrected chi connectivity index (χ2v) is 6.01. The van der Waals surface area contributed by atoms with Crippen molar-refractivity contribution >= 4 is 22.5 Å². The number of amides is 1. The van der Waals surface area contributed by atoms with Crippen LogP contribution in [0, 0.1) is 13.8 Å². The Bertz CT molecular complexity index is 957. The number of para-hydroxylation sites is 1. The van der Waals surface area contributed by atoms with Crippen LogP contribution in [0.5, 0.6) is 0 Å². The molecular weight excluding hydrogens is 300 g/mol. The first-order chi connectivity index (χ1) is 11.5. The number of hydrogen-bond donors (Lipinski definition) is 2. The molecule has 2 aromatic carbocycles. The van der Waals surface area contributed by atoms with E-state index in [0.29, 0.717) is 12.0 Å². The van der Waals surface area contributed by atoms with Crippen LogP contribution in [-0.4, -0.2) is 10.9 Å². The Hall–Kier alpha value is -2.88. The summed E-state index contributed by atoms with van der Waals surface area (Å²) >= 11 is 0. The fourth-order valence-corrected chi connectivity index (χ4v) is 2.73. The van der Waals surface area contributed by atoms with Crippen LogP contribution in [0.15, 0.2) is 53.3 Å². The number of carbonyl (C=O) groups excluding carboxylic acids is 1. The van der Waals surface area contributed by atoms with E-state index in [4.69, 9.17) is 0 Å². The van der Waals surface area contributed by atoms with E-state index < -0.39 is 0 Å². The molecule has 0 aliphatic heterocycles. The number of aryl methyl sites for hydroxylation is 2. The van der Waals surface area contributed by atoms with E-state index in [9.17, 15) is 9.59 Å². The zero-order chi connectivity index (χ0) is 17.1. The molecule has 4 heteroatoms. The largest absolute Gasteiger partial charge is 0.326 e. The van der Waals surface area contributed by atoms with Crippen molar-refractivity contribution in [3.05, 3.63) is 75.6 Å². The molecule has 0 aliphatic rings. The lowest BCUT2D eigenvalue weighted by Crippen LogP contribution is -2.17. The standard InChI is InChI=1S/C20H20N2O2/c1-13-6-5-9-17(14(13)2)21-19(23)11-10-16-12-15-7-3-4-8-18(15)22-20(16)24/h3-9,12H,10-11H2,1-2H3,(H,21,23)(H,22,24). The van der Waals surface area contributed by atoms with Crippen LogP contribution in [0.1, 0.15) is 23.1 Å². The molecule has 4 nitrogen and oxygen atoms in total. The Balaban J connectivity index is 1.71. The van der Waals surface area contributed by atoms with Gasteiger partial charge in [-0.1, -0.05) is 30.3 Å². The number of H-pyrrole nitrogens is 1. The van der Waals surface area contributed by atoms with E-state index in [1.807, 2.05) is 62.4 Å². The van der Waals surface area contributed by atoms with Gasteiger partial charge in [-0.2, -0.15) is 0 Å². The third-order valence-corrected chi connectivity index (χ3v) is 4.33.